The normalized spacial score (nSPS) is 19.1. The van der Waals surface area contributed by atoms with Crippen molar-refractivity contribution in [1.82, 2.24) is 15.3 Å². The minimum Gasteiger partial charge on any atom is -0.493 e. The van der Waals surface area contributed by atoms with Gasteiger partial charge in [-0.1, -0.05) is 25.1 Å². The van der Waals surface area contributed by atoms with E-state index in [1.165, 1.54) is 5.56 Å². The molecule has 0 aliphatic carbocycles. The van der Waals surface area contributed by atoms with E-state index in [1.54, 1.807) is 0 Å². The Balaban J connectivity index is 1.84. The Bertz CT molecular complexity index is 538. The summed E-state index contributed by atoms with van der Waals surface area (Å²) < 4.78 is 5.77. The van der Waals surface area contributed by atoms with Crippen LogP contribution in [0.4, 0.5) is 0 Å². The number of H-pyrrole nitrogens is 1. The van der Waals surface area contributed by atoms with Crippen molar-refractivity contribution in [1.29, 1.82) is 0 Å². The van der Waals surface area contributed by atoms with E-state index in [9.17, 15) is 0 Å². The predicted octanol–water partition coefficient (Wildman–Crippen LogP) is 2.50. The van der Waals surface area contributed by atoms with Crippen molar-refractivity contribution in [3.05, 3.63) is 48.0 Å². The number of benzene rings is 1. The van der Waals surface area contributed by atoms with Crippen LogP contribution in [0.5, 0.6) is 5.75 Å². The van der Waals surface area contributed by atoms with E-state index in [4.69, 9.17) is 4.74 Å². The Morgan fingerprint density at radius 1 is 1.45 bits per heavy atom. The van der Waals surface area contributed by atoms with E-state index < -0.39 is 0 Å². The third kappa shape index (κ3) is 2.70. The smallest absolute Gasteiger partial charge is 0.122 e. The number of rotatable bonds is 5. The molecule has 2 unspecified atom stereocenters. The molecule has 0 amide bonds. The standard InChI is InChI=1S/C16H21N3O/c1-2-17-14(11-16-18-8-9-19-16)12-7-10-20-15-6-4-3-5-13(12)15/h3-6,8-9,12,14,17H,2,7,10-11H2,1H3,(H,18,19). The Hall–Kier alpha value is -1.81. The van der Waals surface area contributed by atoms with Crippen LogP contribution in [0, 0.1) is 0 Å². The first kappa shape index (κ1) is 13.2. The maximum absolute atomic E-state index is 5.77. The minimum absolute atomic E-state index is 0.385. The van der Waals surface area contributed by atoms with Crippen LogP contribution in [0.3, 0.4) is 0 Å². The minimum atomic E-state index is 0.385. The quantitative estimate of drug-likeness (QED) is 0.878. The average Bonchev–Trinajstić information content (AvgIpc) is 2.99. The second kappa shape index (κ2) is 6.09. The number of aromatic nitrogens is 2. The van der Waals surface area contributed by atoms with Gasteiger partial charge in [0, 0.05) is 30.8 Å². The molecule has 0 fully saturated rings. The Labute approximate surface area is 119 Å². The average molecular weight is 271 g/mol. The molecular weight excluding hydrogens is 250 g/mol. The largest absolute Gasteiger partial charge is 0.493 e. The van der Waals surface area contributed by atoms with Crippen LogP contribution in [-0.2, 0) is 6.42 Å². The highest BCUT2D eigenvalue weighted by Gasteiger charge is 2.28. The van der Waals surface area contributed by atoms with Crippen molar-refractivity contribution in [2.75, 3.05) is 13.2 Å². The van der Waals surface area contributed by atoms with Crippen molar-refractivity contribution in [3.63, 3.8) is 0 Å². The number of nitrogens with one attached hydrogen (secondary N) is 2. The molecule has 0 saturated carbocycles. The Kier molecular flexibility index (Phi) is 4.02. The number of para-hydroxylation sites is 1. The van der Waals surface area contributed by atoms with Gasteiger partial charge >= 0.3 is 0 Å². The molecule has 1 aromatic heterocycles. The fourth-order valence-electron chi connectivity index (χ4n) is 3.02. The number of fused-ring (bicyclic) bond motifs is 1. The molecule has 2 aromatic rings. The number of hydrogen-bond acceptors (Lipinski definition) is 3. The molecule has 20 heavy (non-hydrogen) atoms. The first-order valence-corrected chi connectivity index (χ1v) is 7.32. The number of ether oxygens (including phenoxy) is 1. The first-order chi connectivity index (χ1) is 9.88. The van der Waals surface area contributed by atoms with Gasteiger partial charge in [0.1, 0.15) is 11.6 Å². The lowest BCUT2D eigenvalue weighted by atomic mass is 9.85. The topological polar surface area (TPSA) is 49.9 Å². The van der Waals surface area contributed by atoms with Crippen molar-refractivity contribution in [2.45, 2.75) is 31.7 Å². The maximum atomic E-state index is 5.77. The second-order valence-electron chi connectivity index (χ2n) is 5.19. The Morgan fingerprint density at radius 2 is 2.35 bits per heavy atom. The molecule has 0 saturated heterocycles. The third-order valence-electron chi connectivity index (χ3n) is 3.93. The van der Waals surface area contributed by atoms with Gasteiger partial charge in [0.2, 0.25) is 0 Å². The van der Waals surface area contributed by atoms with Gasteiger partial charge in [0.25, 0.3) is 0 Å². The molecule has 0 spiro atoms. The predicted molar refractivity (Wildman–Crippen MR) is 79.1 cm³/mol. The molecule has 2 atom stereocenters. The number of hydrogen-bond donors (Lipinski definition) is 2. The van der Waals surface area contributed by atoms with E-state index in [0.717, 1.165) is 37.6 Å². The molecule has 2 N–H and O–H groups in total. The monoisotopic (exact) mass is 271 g/mol. The summed E-state index contributed by atoms with van der Waals surface area (Å²) in [7, 11) is 0. The van der Waals surface area contributed by atoms with Crippen LogP contribution in [0.25, 0.3) is 0 Å². The molecule has 0 radical (unpaired) electrons. The summed E-state index contributed by atoms with van der Waals surface area (Å²) in [6.45, 7) is 3.91. The summed E-state index contributed by atoms with van der Waals surface area (Å²) in [5.74, 6) is 2.55. The van der Waals surface area contributed by atoms with Gasteiger partial charge in [-0.3, -0.25) is 0 Å². The van der Waals surface area contributed by atoms with Crippen LogP contribution >= 0.6 is 0 Å². The zero-order valence-electron chi connectivity index (χ0n) is 11.8. The highest BCUT2D eigenvalue weighted by Crippen LogP contribution is 2.36. The zero-order valence-corrected chi connectivity index (χ0v) is 11.8. The fraction of sp³-hybridized carbons (Fsp3) is 0.438. The first-order valence-electron chi connectivity index (χ1n) is 7.32. The van der Waals surface area contributed by atoms with E-state index in [-0.39, 0.29) is 0 Å². The van der Waals surface area contributed by atoms with Gasteiger partial charge in [0.15, 0.2) is 0 Å². The lowest BCUT2D eigenvalue weighted by Gasteiger charge is -2.32. The van der Waals surface area contributed by atoms with Crippen LogP contribution in [-0.4, -0.2) is 29.2 Å². The fourth-order valence-corrected chi connectivity index (χ4v) is 3.02. The number of nitrogens with zero attached hydrogens (tertiary/aromatic N) is 1. The molecular formula is C16H21N3O. The summed E-state index contributed by atoms with van der Waals surface area (Å²) >= 11 is 0. The highest BCUT2D eigenvalue weighted by molar-refractivity contribution is 5.38. The van der Waals surface area contributed by atoms with Gasteiger partial charge in [-0.2, -0.15) is 0 Å². The summed E-state index contributed by atoms with van der Waals surface area (Å²) in [6, 6.07) is 8.77. The van der Waals surface area contributed by atoms with E-state index in [0.29, 0.717) is 12.0 Å². The zero-order chi connectivity index (χ0) is 13.8. The molecule has 1 aromatic carbocycles. The van der Waals surface area contributed by atoms with Gasteiger partial charge in [-0.15, -0.1) is 0 Å². The van der Waals surface area contributed by atoms with Gasteiger partial charge in [0.05, 0.1) is 6.61 Å². The van der Waals surface area contributed by atoms with Crippen LogP contribution < -0.4 is 10.1 Å². The molecule has 2 heterocycles. The van der Waals surface area contributed by atoms with Crippen LogP contribution in [0.2, 0.25) is 0 Å². The number of imidazole rings is 1. The van der Waals surface area contributed by atoms with Gasteiger partial charge < -0.3 is 15.0 Å². The van der Waals surface area contributed by atoms with Crippen molar-refractivity contribution >= 4 is 0 Å². The molecule has 3 rings (SSSR count). The summed E-state index contributed by atoms with van der Waals surface area (Å²) in [4.78, 5) is 7.57. The number of aromatic amines is 1. The van der Waals surface area contributed by atoms with Gasteiger partial charge in [-0.05, 0) is 24.6 Å². The van der Waals surface area contributed by atoms with E-state index in [2.05, 4.69) is 40.4 Å². The molecule has 0 bridgehead atoms. The van der Waals surface area contributed by atoms with Crippen molar-refractivity contribution in [3.8, 4) is 5.75 Å². The maximum Gasteiger partial charge on any atom is 0.122 e. The van der Waals surface area contributed by atoms with E-state index in [1.807, 2.05) is 18.5 Å². The van der Waals surface area contributed by atoms with Crippen LogP contribution in [0.15, 0.2) is 36.7 Å². The van der Waals surface area contributed by atoms with Crippen molar-refractivity contribution in [2.24, 2.45) is 0 Å². The molecule has 1 aliphatic heterocycles. The SMILES string of the molecule is CCNC(Cc1ncc[nH]1)C1CCOc2ccccc21. The molecule has 106 valence electrons. The molecule has 4 nitrogen and oxygen atoms in total. The lowest BCUT2D eigenvalue weighted by molar-refractivity contribution is 0.244. The summed E-state index contributed by atoms with van der Waals surface area (Å²) in [6.07, 6.45) is 5.67. The number of likely N-dealkylation sites (N-methyl/N-ethyl adjacent to an activating group) is 1. The van der Waals surface area contributed by atoms with Crippen LogP contribution in [0.1, 0.15) is 30.7 Å². The second-order valence-corrected chi connectivity index (χ2v) is 5.19. The third-order valence-corrected chi connectivity index (χ3v) is 3.93. The summed E-state index contributed by atoms with van der Waals surface area (Å²) in [5.41, 5.74) is 1.32. The Morgan fingerprint density at radius 3 is 3.15 bits per heavy atom. The van der Waals surface area contributed by atoms with E-state index >= 15 is 0 Å². The lowest BCUT2D eigenvalue weighted by Crippen LogP contribution is -2.39. The summed E-state index contributed by atoms with van der Waals surface area (Å²) in [5, 5.41) is 3.62. The molecule has 4 heteroatoms. The van der Waals surface area contributed by atoms with Crippen molar-refractivity contribution < 1.29 is 4.74 Å². The highest BCUT2D eigenvalue weighted by atomic mass is 16.5. The molecule has 1 aliphatic rings. The van der Waals surface area contributed by atoms with Gasteiger partial charge in [-0.25, -0.2) is 4.98 Å².